The average molecular weight is 372 g/mol. The van der Waals surface area contributed by atoms with Crippen LogP contribution in [0.3, 0.4) is 0 Å². The summed E-state index contributed by atoms with van der Waals surface area (Å²) in [6, 6.07) is 9.91. The minimum absolute atomic E-state index is 0.00126. The molecule has 0 atom stereocenters. The Kier molecular flexibility index (Phi) is 5.03. The number of anilines is 1. The normalized spacial score (nSPS) is 10.2. The molecule has 0 saturated heterocycles. The van der Waals surface area contributed by atoms with Crippen LogP contribution in [-0.2, 0) is 6.54 Å². The molecule has 0 bridgehead atoms. The monoisotopic (exact) mass is 370 g/mol. The summed E-state index contributed by atoms with van der Waals surface area (Å²) in [4.78, 5) is 10.4. The van der Waals surface area contributed by atoms with Gasteiger partial charge < -0.3 is 10.1 Å². The molecule has 1 N–H and O–H groups in total. The van der Waals surface area contributed by atoms with Crippen molar-refractivity contribution in [2.75, 3.05) is 12.4 Å². The number of halogens is 2. The van der Waals surface area contributed by atoms with Crippen LogP contribution in [0, 0.1) is 10.1 Å². The molecule has 110 valence electrons. The van der Waals surface area contributed by atoms with Crippen LogP contribution in [0.1, 0.15) is 5.56 Å². The van der Waals surface area contributed by atoms with Gasteiger partial charge in [-0.05, 0) is 29.8 Å². The molecular weight excluding hydrogens is 360 g/mol. The third kappa shape index (κ3) is 3.86. The van der Waals surface area contributed by atoms with E-state index in [0.29, 0.717) is 23.0 Å². The van der Waals surface area contributed by atoms with Gasteiger partial charge in [-0.15, -0.1) is 0 Å². The average Bonchev–Trinajstić information content (AvgIpc) is 2.47. The van der Waals surface area contributed by atoms with Crippen molar-refractivity contribution in [3.63, 3.8) is 0 Å². The summed E-state index contributed by atoms with van der Waals surface area (Å²) in [5.41, 5.74) is 1.42. The van der Waals surface area contributed by atoms with E-state index >= 15 is 0 Å². The summed E-state index contributed by atoms with van der Waals surface area (Å²) in [6.07, 6.45) is 0. The molecule has 0 aromatic heterocycles. The SMILES string of the molecule is COc1ccc([N+](=O)[O-])cc1NCc1cc(Br)ccc1Cl. The number of nitrogens with one attached hydrogen (secondary N) is 1. The molecule has 0 aliphatic rings. The molecule has 0 heterocycles. The lowest BCUT2D eigenvalue weighted by molar-refractivity contribution is -0.384. The van der Waals surface area contributed by atoms with Gasteiger partial charge in [0.05, 0.1) is 17.7 Å². The number of rotatable bonds is 5. The summed E-state index contributed by atoms with van der Waals surface area (Å²) in [5.74, 6) is 0.534. The maximum Gasteiger partial charge on any atom is 0.271 e. The van der Waals surface area contributed by atoms with E-state index in [1.807, 2.05) is 12.1 Å². The fourth-order valence-electron chi connectivity index (χ4n) is 1.82. The molecule has 0 spiro atoms. The van der Waals surface area contributed by atoms with Crippen LogP contribution >= 0.6 is 27.5 Å². The fourth-order valence-corrected chi connectivity index (χ4v) is 2.41. The summed E-state index contributed by atoms with van der Waals surface area (Å²) in [7, 11) is 1.51. The van der Waals surface area contributed by atoms with Crippen molar-refractivity contribution in [1.82, 2.24) is 0 Å². The topological polar surface area (TPSA) is 64.4 Å². The van der Waals surface area contributed by atoms with Crippen LogP contribution < -0.4 is 10.1 Å². The molecular formula is C14H12BrClN2O3. The first-order valence-corrected chi connectivity index (χ1v) is 7.18. The lowest BCUT2D eigenvalue weighted by Crippen LogP contribution is -2.03. The summed E-state index contributed by atoms with van der Waals surface area (Å²) in [6.45, 7) is 0.426. The Hall–Kier alpha value is -1.79. The molecule has 0 aliphatic carbocycles. The molecule has 0 aliphatic heterocycles. The molecule has 2 aromatic rings. The second-order valence-electron chi connectivity index (χ2n) is 4.23. The predicted molar refractivity (Wildman–Crippen MR) is 86.1 cm³/mol. The number of non-ortho nitro benzene ring substituents is 1. The second-order valence-corrected chi connectivity index (χ2v) is 5.55. The van der Waals surface area contributed by atoms with Crippen molar-refractivity contribution in [2.24, 2.45) is 0 Å². The minimum Gasteiger partial charge on any atom is -0.495 e. The maximum atomic E-state index is 10.8. The van der Waals surface area contributed by atoms with Crippen molar-refractivity contribution in [1.29, 1.82) is 0 Å². The third-order valence-corrected chi connectivity index (χ3v) is 3.73. The Labute approximate surface area is 135 Å². The molecule has 0 saturated carbocycles. The van der Waals surface area contributed by atoms with E-state index in [9.17, 15) is 10.1 Å². The highest BCUT2D eigenvalue weighted by Crippen LogP contribution is 2.30. The van der Waals surface area contributed by atoms with Gasteiger partial charge in [-0.3, -0.25) is 10.1 Å². The van der Waals surface area contributed by atoms with E-state index in [4.69, 9.17) is 16.3 Å². The Morgan fingerprint density at radius 1 is 1.33 bits per heavy atom. The van der Waals surface area contributed by atoms with Gasteiger partial charge in [0.25, 0.3) is 5.69 Å². The third-order valence-electron chi connectivity index (χ3n) is 2.87. The van der Waals surface area contributed by atoms with Gasteiger partial charge >= 0.3 is 0 Å². The highest BCUT2D eigenvalue weighted by Gasteiger charge is 2.11. The largest absolute Gasteiger partial charge is 0.495 e. The number of benzene rings is 2. The Morgan fingerprint density at radius 3 is 2.76 bits per heavy atom. The maximum absolute atomic E-state index is 10.8. The van der Waals surface area contributed by atoms with Crippen molar-refractivity contribution < 1.29 is 9.66 Å². The molecule has 0 fully saturated rings. The lowest BCUT2D eigenvalue weighted by atomic mass is 10.2. The zero-order valence-corrected chi connectivity index (χ0v) is 13.4. The van der Waals surface area contributed by atoms with Gasteiger partial charge in [0.15, 0.2) is 0 Å². The molecule has 0 radical (unpaired) electrons. The highest BCUT2D eigenvalue weighted by atomic mass is 79.9. The minimum atomic E-state index is -0.448. The summed E-state index contributed by atoms with van der Waals surface area (Å²) in [5, 5.41) is 14.6. The van der Waals surface area contributed by atoms with Crippen molar-refractivity contribution in [3.05, 3.63) is 61.6 Å². The number of nitro benzene ring substituents is 1. The van der Waals surface area contributed by atoms with Crippen LogP contribution in [0.2, 0.25) is 5.02 Å². The van der Waals surface area contributed by atoms with E-state index in [1.165, 1.54) is 19.2 Å². The van der Waals surface area contributed by atoms with Crippen molar-refractivity contribution in [3.8, 4) is 5.75 Å². The van der Waals surface area contributed by atoms with Gasteiger partial charge in [0.1, 0.15) is 5.75 Å². The van der Waals surface area contributed by atoms with Gasteiger partial charge in [-0.25, -0.2) is 0 Å². The smallest absolute Gasteiger partial charge is 0.271 e. The number of nitrogens with zero attached hydrogens (tertiary/aromatic N) is 1. The lowest BCUT2D eigenvalue weighted by Gasteiger charge is -2.12. The fraction of sp³-hybridized carbons (Fsp3) is 0.143. The number of hydrogen-bond donors (Lipinski definition) is 1. The van der Waals surface area contributed by atoms with Crippen LogP contribution in [0.5, 0.6) is 5.75 Å². The molecule has 0 unspecified atom stereocenters. The standard InChI is InChI=1S/C14H12BrClN2O3/c1-21-14-5-3-11(18(19)20)7-13(14)17-8-9-6-10(15)2-4-12(9)16/h2-7,17H,8H2,1H3. The Morgan fingerprint density at radius 2 is 2.10 bits per heavy atom. The van der Waals surface area contributed by atoms with Crippen molar-refractivity contribution >= 4 is 38.9 Å². The van der Waals surface area contributed by atoms with E-state index in [0.717, 1.165) is 10.0 Å². The molecule has 5 nitrogen and oxygen atoms in total. The Balaban J connectivity index is 2.24. The number of nitro groups is 1. The second kappa shape index (κ2) is 6.78. The predicted octanol–water partition coefficient (Wildman–Crippen LogP) is 4.63. The molecule has 0 amide bonds. The molecule has 2 aromatic carbocycles. The number of ether oxygens (including phenoxy) is 1. The van der Waals surface area contributed by atoms with Crippen molar-refractivity contribution in [2.45, 2.75) is 6.54 Å². The van der Waals surface area contributed by atoms with Gasteiger partial charge in [0.2, 0.25) is 0 Å². The first kappa shape index (κ1) is 15.6. The number of hydrogen-bond acceptors (Lipinski definition) is 4. The number of methoxy groups -OCH3 is 1. The summed E-state index contributed by atoms with van der Waals surface area (Å²) >= 11 is 9.50. The van der Waals surface area contributed by atoms with E-state index in [2.05, 4.69) is 21.2 Å². The van der Waals surface area contributed by atoms with Crippen LogP contribution in [0.4, 0.5) is 11.4 Å². The van der Waals surface area contributed by atoms with Crippen LogP contribution in [-0.4, -0.2) is 12.0 Å². The Bertz CT molecular complexity index is 679. The van der Waals surface area contributed by atoms with Gasteiger partial charge in [-0.1, -0.05) is 27.5 Å². The zero-order valence-electron chi connectivity index (χ0n) is 11.1. The molecule has 2 rings (SSSR count). The van der Waals surface area contributed by atoms with E-state index < -0.39 is 4.92 Å². The molecule has 7 heteroatoms. The van der Waals surface area contributed by atoms with Crippen LogP contribution in [0.25, 0.3) is 0 Å². The quantitative estimate of drug-likeness (QED) is 0.614. The van der Waals surface area contributed by atoms with Gasteiger partial charge in [0, 0.05) is 28.2 Å². The highest BCUT2D eigenvalue weighted by molar-refractivity contribution is 9.10. The zero-order chi connectivity index (χ0) is 15.4. The van der Waals surface area contributed by atoms with E-state index in [-0.39, 0.29) is 5.69 Å². The first-order chi connectivity index (χ1) is 10.0. The van der Waals surface area contributed by atoms with Gasteiger partial charge in [-0.2, -0.15) is 0 Å². The summed E-state index contributed by atoms with van der Waals surface area (Å²) < 4.78 is 6.11. The first-order valence-electron chi connectivity index (χ1n) is 6.01. The van der Waals surface area contributed by atoms with E-state index in [1.54, 1.807) is 12.1 Å². The van der Waals surface area contributed by atoms with Crippen LogP contribution in [0.15, 0.2) is 40.9 Å². The molecule has 21 heavy (non-hydrogen) atoms.